The highest BCUT2D eigenvalue weighted by Crippen LogP contribution is 2.47. The number of aliphatic carboxylic acids is 2. The van der Waals surface area contributed by atoms with Crippen molar-refractivity contribution in [2.24, 2.45) is 5.16 Å². The van der Waals surface area contributed by atoms with Gasteiger partial charge in [-0.3, -0.25) is 19.0 Å². The lowest BCUT2D eigenvalue weighted by atomic mass is 9.88. The van der Waals surface area contributed by atoms with Crippen LogP contribution in [0.25, 0.3) is 0 Å². The van der Waals surface area contributed by atoms with E-state index in [9.17, 15) is 24.3 Å². The van der Waals surface area contributed by atoms with Crippen molar-refractivity contribution in [3.05, 3.63) is 17.2 Å². The Labute approximate surface area is 213 Å². The zero-order chi connectivity index (χ0) is 26.3. The van der Waals surface area contributed by atoms with Gasteiger partial charge >= 0.3 is 5.97 Å². The van der Waals surface area contributed by atoms with Gasteiger partial charge in [0.25, 0.3) is 11.8 Å². The molecule has 36 heavy (non-hydrogen) atoms. The van der Waals surface area contributed by atoms with Crippen LogP contribution in [0, 0.1) is 0 Å². The highest BCUT2D eigenvalue weighted by molar-refractivity contribution is 8.00. The Bertz CT molecular complexity index is 1180. The summed E-state index contributed by atoms with van der Waals surface area (Å²) in [5, 5.41) is 29.6. The van der Waals surface area contributed by atoms with E-state index in [1.807, 2.05) is 7.05 Å². The lowest BCUT2D eigenvalue weighted by molar-refractivity contribution is -0.874. The lowest BCUT2D eigenvalue weighted by Gasteiger charge is -2.57. The molecule has 3 aliphatic rings. The first-order chi connectivity index (χ1) is 17.0. The number of aromatic nitrogens is 2. The third-order valence-corrected chi connectivity index (χ3v) is 8.26. The molecule has 2 fully saturated rings. The SMILES string of the molecule is C[C@@]1(NC(=O)C(=NOCC(=O)O)c2nsc(N)n2)C(=O)N2C(C(=O)[O-])=C([N+]3(C)CCNCC3)CS[C@H]21. The Morgan fingerprint density at radius 2 is 2.11 bits per heavy atom. The summed E-state index contributed by atoms with van der Waals surface area (Å²) in [6.45, 7) is 3.38. The van der Waals surface area contributed by atoms with Crippen LogP contribution in [0.5, 0.6) is 0 Å². The monoisotopic (exact) mass is 540 g/mol. The van der Waals surface area contributed by atoms with Crippen LogP contribution in [0.1, 0.15) is 12.7 Å². The van der Waals surface area contributed by atoms with Gasteiger partial charge < -0.3 is 36.2 Å². The van der Waals surface area contributed by atoms with Crippen molar-refractivity contribution in [1.29, 1.82) is 0 Å². The van der Waals surface area contributed by atoms with Crippen LogP contribution in [0.4, 0.5) is 5.13 Å². The van der Waals surface area contributed by atoms with Gasteiger partial charge in [0.1, 0.15) is 22.3 Å². The molecule has 194 valence electrons. The van der Waals surface area contributed by atoms with E-state index >= 15 is 0 Å². The highest BCUT2D eigenvalue weighted by Gasteiger charge is 2.63. The number of quaternary nitrogens is 1. The van der Waals surface area contributed by atoms with Crippen molar-refractivity contribution < 1.29 is 38.7 Å². The molecular formula is C19H24N8O7S2. The Morgan fingerprint density at radius 1 is 1.42 bits per heavy atom. The molecule has 0 spiro atoms. The molecule has 17 heteroatoms. The van der Waals surface area contributed by atoms with Gasteiger partial charge in [0.2, 0.25) is 18.1 Å². The van der Waals surface area contributed by atoms with E-state index in [-0.39, 0.29) is 16.7 Å². The van der Waals surface area contributed by atoms with E-state index in [0.29, 0.717) is 42.1 Å². The molecule has 1 aromatic heterocycles. The maximum absolute atomic E-state index is 13.3. The van der Waals surface area contributed by atoms with E-state index < -0.39 is 47.0 Å². The normalized spacial score (nSPS) is 25.6. The summed E-state index contributed by atoms with van der Waals surface area (Å²) in [5.74, 6) is -4.22. The van der Waals surface area contributed by atoms with E-state index in [0.717, 1.165) is 16.4 Å². The number of β-lactam (4-membered cyclic amide) rings is 1. The molecule has 0 aliphatic carbocycles. The molecule has 4 rings (SSSR count). The first kappa shape index (κ1) is 25.8. The molecule has 2 amide bonds. The van der Waals surface area contributed by atoms with Gasteiger partial charge in [-0.2, -0.15) is 9.36 Å². The molecule has 0 bridgehead atoms. The number of oxime groups is 1. The zero-order valence-electron chi connectivity index (χ0n) is 19.3. The average Bonchev–Trinajstić information content (AvgIpc) is 3.26. The molecule has 2 saturated heterocycles. The van der Waals surface area contributed by atoms with Crippen LogP contribution in [-0.2, 0) is 24.0 Å². The van der Waals surface area contributed by atoms with Crippen molar-refractivity contribution in [2.75, 3.05) is 51.3 Å². The number of carboxylic acid groups (broad SMARTS) is 2. The number of carbonyl (C=O) groups excluding carboxylic acids is 3. The number of carbonyl (C=O) groups is 4. The first-order valence-electron chi connectivity index (χ1n) is 10.8. The number of nitrogen functional groups attached to an aromatic ring is 1. The smallest absolute Gasteiger partial charge is 0.344 e. The van der Waals surface area contributed by atoms with Crippen molar-refractivity contribution in [1.82, 2.24) is 24.9 Å². The van der Waals surface area contributed by atoms with Gasteiger partial charge in [0.05, 0.1) is 31.9 Å². The van der Waals surface area contributed by atoms with Gasteiger partial charge in [-0.15, -0.1) is 11.8 Å². The van der Waals surface area contributed by atoms with Gasteiger partial charge in [0, 0.05) is 24.6 Å². The molecule has 0 aromatic carbocycles. The Morgan fingerprint density at radius 3 is 2.69 bits per heavy atom. The van der Waals surface area contributed by atoms with E-state index in [2.05, 4.69) is 25.1 Å². The van der Waals surface area contributed by atoms with Crippen molar-refractivity contribution >= 4 is 57.9 Å². The van der Waals surface area contributed by atoms with Crippen LogP contribution in [-0.4, -0.2) is 110 Å². The van der Waals surface area contributed by atoms with E-state index in [1.165, 1.54) is 18.7 Å². The topological polar surface area (TPSA) is 212 Å². The number of anilines is 1. The number of amides is 2. The fraction of sp³-hybridized carbons (Fsp3) is 0.526. The fourth-order valence-corrected chi connectivity index (χ4v) is 6.39. The molecule has 0 saturated carbocycles. The van der Waals surface area contributed by atoms with Gasteiger partial charge in [-0.1, -0.05) is 5.16 Å². The number of carboxylic acids is 2. The third kappa shape index (κ3) is 4.49. The summed E-state index contributed by atoms with van der Waals surface area (Å²) in [4.78, 5) is 59.1. The average molecular weight is 541 g/mol. The molecule has 0 radical (unpaired) electrons. The number of fused-ring (bicyclic) bond motifs is 1. The van der Waals surface area contributed by atoms with Crippen LogP contribution in [0.15, 0.2) is 16.5 Å². The number of thioether (sulfide) groups is 1. The molecule has 5 N–H and O–H groups in total. The summed E-state index contributed by atoms with van der Waals surface area (Å²) in [7, 11) is 1.93. The van der Waals surface area contributed by atoms with Crippen LogP contribution in [0.2, 0.25) is 0 Å². The maximum Gasteiger partial charge on any atom is 0.344 e. The number of nitrogens with one attached hydrogen (secondary N) is 2. The maximum atomic E-state index is 13.3. The zero-order valence-corrected chi connectivity index (χ0v) is 21.0. The molecule has 15 nitrogen and oxygen atoms in total. The standard InChI is InChI=1S/C19H24N8O7S2/c1-19(23-14(30)11(24-34-7-10(28)29)13-22-18(20)36-25-13)16(33)26-12(15(31)32)9(8-35-17(19)26)27(2)5-3-21-4-6-27/h17,21H,3-8H2,1-2H3,(H4-,20,22,23,25,28,29,30,31,32)/t17-,19+/m0/s1. The Hall–Kier alpha value is -3.28. The van der Waals surface area contributed by atoms with Crippen LogP contribution >= 0.6 is 23.3 Å². The number of rotatable bonds is 8. The Balaban J connectivity index is 1.60. The molecule has 0 unspecified atom stereocenters. The molecular weight excluding hydrogens is 516 g/mol. The highest BCUT2D eigenvalue weighted by atomic mass is 32.2. The predicted molar refractivity (Wildman–Crippen MR) is 125 cm³/mol. The lowest BCUT2D eigenvalue weighted by Crippen LogP contribution is -2.79. The number of likely N-dealkylation sites (N-methyl/N-ethyl adjacent to an activating group) is 1. The minimum Gasteiger partial charge on any atom is -0.543 e. The van der Waals surface area contributed by atoms with Crippen LogP contribution < -0.4 is 21.5 Å². The summed E-state index contributed by atoms with van der Waals surface area (Å²) in [6.07, 6.45) is 0. The number of nitrogens with zero attached hydrogens (tertiary/aromatic N) is 5. The Kier molecular flexibility index (Phi) is 6.91. The number of hydrogen-bond acceptors (Lipinski definition) is 13. The summed E-state index contributed by atoms with van der Waals surface area (Å²) >= 11 is 2.11. The second-order valence-corrected chi connectivity index (χ2v) is 10.6. The molecule has 1 aromatic rings. The largest absolute Gasteiger partial charge is 0.543 e. The van der Waals surface area contributed by atoms with Crippen molar-refractivity contribution in [3.8, 4) is 0 Å². The minimum absolute atomic E-state index is 0.0319. The van der Waals surface area contributed by atoms with Gasteiger partial charge in [-0.25, -0.2) is 4.79 Å². The van der Waals surface area contributed by atoms with Gasteiger partial charge in [-0.05, 0) is 6.92 Å². The summed E-state index contributed by atoms with van der Waals surface area (Å²) < 4.78 is 4.27. The van der Waals surface area contributed by atoms with Crippen molar-refractivity contribution in [3.63, 3.8) is 0 Å². The van der Waals surface area contributed by atoms with E-state index in [1.54, 1.807) is 0 Å². The van der Waals surface area contributed by atoms with Gasteiger partial charge in [0.15, 0.2) is 5.13 Å². The summed E-state index contributed by atoms with van der Waals surface area (Å²) in [6, 6.07) is 0. The third-order valence-electron chi connectivity index (χ3n) is 6.28. The minimum atomic E-state index is -1.49. The van der Waals surface area contributed by atoms with Crippen molar-refractivity contribution in [2.45, 2.75) is 17.8 Å². The predicted octanol–water partition coefficient (Wildman–Crippen LogP) is -3.27. The second kappa shape index (κ2) is 9.64. The number of nitrogens with two attached hydrogens (primary N) is 1. The quantitative estimate of drug-likeness (QED) is 0.111. The fourth-order valence-electron chi connectivity index (χ4n) is 4.34. The second-order valence-electron chi connectivity index (χ2n) is 8.73. The number of hydrogen-bond donors (Lipinski definition) is 4. The van der Waals surface area contributed by atoms with E-state index in [4.69, 9.17) is 15.7 Å². The molecule has 3 aliphatic heterocycles. The molecule has 4 heterocycles. The number of piperazine rings is 1. The first-order valence-corrected chi connectivity index (χ1v) is 12.6. The van der Waals surface area contributed by atoms with Crippen LogP contribution in [0.3, 0.4) is 0 Å². The molecule has 2 atom stereocenters. The summed E-state index contributed by atoms with van der Waals surface area (Å²) in [5.41, 5.74) is 4.02.